The van der Waals surface area contributed by atoms with E-state index in [1.165, 1.54) is 12.1 Å². The molecule has 1 heterocycles. The van der Waals surface area contributed by atoms with Crippen LogP contribution >= 0.6 is 0 Å². The maximum atomic E-state index is 13.0. The van der Waals surface area contributed by atoms with Crippen LogP contribution in [-0.4, -0.2) is 62.1 Å². The van der Waals surface area contributed by atoms with Gasteiger partial charge in [-0.25, -0.2) is 4.39 Å². The first kappa shape index (κ1) is 19.5. The summed E-state index contributed by atoms with van der Waals surface area (Å²) in [7, 11) is 1.85. The fourth-order valence-electron chi connectivity index (χ4n) is 3.28. The molecule has 1 saturated heterocycles. The van der Waals surface area contributed by atoms with Crippen LogP contribution in [0.15, 0.2) is 48.5 Å². The molecule has 27 heavy (non-hydrogen) atoms. The highest BCUT2D eigenvalue weighted by Gasteiger charge is 2.13. The van der Waals surface area contributed by atoms with Crippen LogP contribution < -0.4 is 0 Å². The summed E-state index contributed by atoms with van der Waals surface area (Å²) in [5, 5.41) is 0. The lowest BCUT2D eigenvalue weighted by atomic mass is 10.0. The Hall–Kier alpha value is -2.24. The molecule has 0 aromatic heterocycles. The van der Waals surface area contributed by atoms with E-state index >= 15 is 0 Å². The van der Waals surface area contributed by atoms with E-state index < -0.39 is 0 Å². The topological polar surface area (TPSA) is 32.8 Å². The van der Waals surface area contributed by atoms with Crippen LogP contribution in [0.3, 0.4) is 0 Å². The standard InChI is InChI=1S/C22H27FN2O2/c1-24(12-2-3-13-25-14-16-27-17-15-25)22(26)20-6-4-18(5-7-20)19-8-10-21(23)11-9-19/h4-11H,2-3,12-17H2,1H3. The normalized spacial score (nSPS) is 14.9. The minimum absolute atomic E-state index is 0.0343. The molecule has 0 N–H and O–H groups in total. The summed E-state index contributed by atoms with van der Waals surface area (Å²) in [6, 6.07) is 13.9. The molecule has 0 radical (unpaired) electrons. The average molecular weight is 370 g/mol. The summed E-state index contributed by atoms with van der Waals surface area (Å²) in [6.07, 6.45) is 2.08. The predicted octanol–water partition coefficient (Wildman–Crippen LogP) is 3.68. The lowest BCUT2D eigenvalue weighted by Gasteiger charge is -2.26. The second-order valence-corrected chi connectivity index (χ2v) is 6.97. The van der Waals surface area contributed by atoms with Crippen LogP contribution in [0.5, 0.6) is 0 Å². The van der Waals surface area contributed by atoms with Crippen molar-refractivity contribution < 1.29 is 13.9 Å². The van der Waals surface area contributed by atoms with Gasteiger partial charge in [0.15, 0.2) is 0 Å². The monoisotopic (exact) mass is 370 g/mol. The molecule has 4 nitrogen and oxygen atoms in total. The molecule has 1 fully saturated rings. The highest BCUT2D eigenvalue weighted by atomic mass is 19.1. The third-order valence-electron chi connectivity index (χ3n) is 4.98. The Morgan fingerprint density at radius 2 is 1.59 bits per heavy atom. The van der Waals surface area contributed by atoms with Gasteiger partial charge in [0.2, 0.25) is 0 Å². The third-order valence-corrected chi connectivity index (χ3v) is 4.98. The van der Waals surface area contributed by atoms with Crippen LogP contribution in [-0.2, 0) is 4.74 Å². The van der Waals surface area contributed by atoms with E-state index in [0.717, 1.165) is 63.4 Å². The molecule has 1 amide bonds. The maximum absolute atomic E-state index is 13.0. The average Bonchev–Trinajstić information content (AvgIpc) is 2.72. The van der Waals surface area contributed by atoms with Gasteiger partial charge in [0.25, 0.3) is 5.91 Å². The number of unbranched alkanes of at least 4 members (excludes halogenated alkanes) is 1. The maximum Gasteiger partial charge on any atom is 0.253 e. The van der Waals surface area contributed by atoms with Crippen LogP contribution in [0, 0.1) is 5.82 Å². The van der Waals surface area contributed by atoms with Crippen LogP contribution in [0.1, 0.15) is 23.2 Å². The second kappa shape index (κ2) is 9.62. The van der Waals surface area contributed by atoms with Crippen LogP contribution in [0.4, 0.5) is 4.39 Å². The van der Waals surface area contributed by atoms with Crippen molar-refractivity contribution in [1.29, 1.82) is 0 Å². The number of halogens is 1. The van der Waals surface area contributed by atoms with Crippen molar-refractivity contribution in [2.45, 2.75) is 12.8 Å². The summed E-state index contributed by atoms with van der Waals surface area (Å²) >= 11 is 0. The highest BCUT2D eigenvalue weighted by molar-refractivity contribution is 5.94. The van der Waals surface area contributed by atoms with Crippen molar-refractivity contribution in [2.75, 3.05) is 46.4 Å². The zero-order valence-electron chi connectivity index (χ0n) is 15.9. The Balaban J connectivity index is 1.47. The van der Waals surface area contributed by atoms with Gasteiger partial charge in [-0.2, -0.15) is 0 Å². The zero-order chi connectivity index (χ0) is 19.1. The Morgan fingerprint density at radius 3 is 2.22 bits per heavy atom. The molecule has 0 unspecified atom stereocenters. The number of nitrogens with zero attached hydrogens (tertiary/aromatic N) is 2. The Labute approximate surface area is 160 Å². The SMILES string of the molecule is CN(CCCCN1CCOCC1)C(=O)c1ccc(-c2ccc(F)cc2)cc1. The molecule has 0 saturated carbocycles. The smallest absolute Gasteiger partial charge is 0.253 e. The summed E-state index contributed by atoms with van der Waals surface area (Å²) in [5.41, 5.74) is 2.59. The van der Waals surface area contributed by atoms with Crippen molar-refractivity contribution in [2.24, 2.45) is 0 Å². The molecule has 3 rings (SSSR count). The van der Waals surface area contributed by atoms with Crippen molar-refractivity contribution in [3.05, 3.63) is 59.9 Å². The number of hydrogen-bond acceptors (Lipinski definition) is 3. The molecular formula is C22H27FN2O2. The lowest BCUT2D eigenvalue weighted by Crippen LogP contribution is -2.37. The van der Waals surface area contributed by atoms with Gasteiger partial charge in [0, 0.05) is 32.2 Å². The van der Waals surface area contributed by atoms with Crippen LogP contribution in [0.2, 0.25) is 0 Å². The molecule has 0 atom stereocenters. The molecule has 144 valence electrons. The number of amides is 1. The predicted molar refractivity (Wildman–Crippen MR) is 105 cm³/mol. The molecule has 0 spiro atoms. The van der Waals surface area contributed by atoms with E-state index in [1.54, 1.807) is 17.0 Å². The first-order valence-electron chi connectivity index (χ1n) is 9.55. The molecule has 2 aromatic rings. The molecule has 1 aliphatic heterocycles. The van der Waals surface area contributed by atoms with E-state index in [2.05, 4.69) is 4.90 Å². The van der Waals surface area contributed by atoms with Gasteiger partial charge < -0.3 is 9.64 Å². The summed E-state index contributed by atoms with van der Waals surface area (Å²) in [5.74, 6) is -0.215. The molecule has 0 bridgehead atoms. The Morgan fingerprint density at radius 1 is 1.00 bits per heavy atom. The first-order chi connectivity index (χ1) is 13.1. The minimum Gasteiger partial charge on any atom is -0.379 e. The van der Waals surface area contributed by atoms with E-state index in [0.29, 0.717) is 5.56 Å². The number of carbonyl (C=O) groups is 1. The number of rotatable bonds is 7. The lowest BCUT2D eigenvalue weighted by molar-refractivity contribution is 0.0369. The fourth-order valence-corrected chi connectivity index (χ4v) is 3.28. The van der Waals surface area contributed by atoms with Gasteiger partial charge >= 0.3 is 0 Å². The number of benzene rings is 2. The van der Waals surface area contributed by atoms with Gasteiger partial charge in [-0.05, 0) is 54.8 Å². The van der Waals surface area contributed by atoms with Gasteiger partial charge in [-0.1, -0.05) is 24.3 Å². The molecule has 1 aliphatic rings. The summed E-state index contributed by atoms with van der Waals surface area (Å²) < 4.78 is 18.4. The van der Waals surface area contributed by atoms with Gasteiger partial charge in [0.05, 0.1) is 13.2 Å². The zero-order valence-corrected chi connectivity index (χ0v) is 15.9. The van der Waals surface area contributed by atoms with E-state index in [4.69, 9.17) is 4.74 Å². The molecular weight excluding hydrogens is 343 g/mol. The van der Waals surface area contributed by atoms with Crippen molar-refractivity contribution in [3.8, 4) is 11.1 Å². The van der Waals surface area contributed by atoms with Gasteiger partial charge in [0.1, 0.15) is 5.82 Å². The molecule has 0 aliphatic carbocycles. The highest BCUT2D eigenvalue weighted by Crippen LogP contribution is 2.20. The quantitative estimate of drug-likeness (QED) is 0.697. The van der Waals surface area contributed by atoms with Crippen LogP contribution in [0.25, 0.3) is 11.1 Å². The van der Waals surface area contributed by atoms with Crippen molar-refractivity contribution >= 4 is 5.91 Å². The van der Waals surface area contributed by atoms with E-state index in [-0.39, 0.29) is 11.7 Å². The number of ether oxygens (including phenoxy) is 1. The first-order valence-corrected chi connectivity index (χ1v) is 9.55. The number of hydrogen-bond donors (Lipinski definition) is 0. The van der Waals surface area contributed by atoms with Gasteiger partial charge in [-0.15, -0.1) is 0 Å². The fraction of sp³-hybridized carbons (Fsp3) is 0.409. The van der Waals surface area contributed by atoms with Crippen molar-refractivity contribution in [3.63, 3.8) is 0 Å². The number of morpholine rings is 1. The molecule has 5 heteroatoms. The van der Waals surface area contributed by atoms with E-state index in [1.807, 2.05) is 31.3 Å². The molecule has 2 aromatic carbocycles. The number of carbonyl (C=O) groups excluding carboxylic acids is 1. The second-order valence-electron chi connectivity index (χ2n) is 6.97. The van der Waals surface area contributed by atoms with E-state index in [9.17, 15) is 9.18 Å². The van der Waals surface area contributed by atoms with Crippen molar-refractivity contribution in [1.82, 2.24) is 9.80 Å². The Kier molecular flexibility index (Phi) is 6.96. The minimum atomic E-state index is -0.249. The largest absolute Gasteiger partial charge is 0.379 e. The summed E-state index contributed by atoms with van der Waals surface area (Å²) in [6.45, 7) is 5.49. The third kappa shape index (κ3) is 5.62. The summed E-state index contributed by atoms with van der Waals surface area (Å²) in [4.78, 5) is 16.8. The Bertz CT molecular complexity index is 725. The van der Waals surface area contributed by atoms with Gasteiger partial charge in [-0.3, -0.25) is 9.69 Å².